The highest BCUT2D eigenvalue weighted by Crippen LogP contribution is 2.19. The van der Waals surface area contributed by atoms with Crippen LogP contribution in [0.3, 0.4) is 0 Å². The van der Waals surface area contributed by atoms with Crippen LogP contribution in [-0.4, -0.2) is 35.2 Å². The molecule has 2 heterocycles. The Labute approximate surface area is 127 Å². The number of aromatic nitrogens is 3. The van der Waals surface area contributed by atoms with E-state index in [1.807, 2.05) is 19.1 Å². The quantitative estimate of drug-likeness (QED) is 0.820. The average molecular weight is 337 g/mol. The molecular formula is C14H17BrN4O. The predicted octanol–water partition coefficient (Wildman–Crippen LogP) is 2.35. The maximum atomic E-state index is 5.00. The number of halogens is 1. The molecule has 106 valence electrons. The van der Waals surface area contributed by atoms with Gasteiger partial charge in [-0.2, -0.15) is 0 Å². The van der Waals surface area contributed by atoms with E-state index in [0.29, 0.717) is 19.0 Å². The van der Waals surface area contributed by atoms with Gasteiger partial charge >= 0.3 is 0 Å². The standard InChI is InChI=1S/C14H17BrN4O/c1-10-5-13(9-16-3-4-20-2)19-14(18-10)11-6-12(15)8-17-7-11/h5-8,16H,3-4,9H2,1-2H3. The summed E-state index contributed by atoms with van der Waals surface area (Å²) in [6.45, 7) is 4.15. The first-order valence-electron chi connectivity index (χ1n) is 6.34. The number of hydrogen-bond donors (Lipinski definition) is 1. The van der Waals surface area contributed by atoms with Crippen LogP contribution in [0.1, 0.15) is 11.4 Å². The van der Waals surface area contributed by atoms with Crippen molar-refractivity contribution in [2.75, 3.05) is 20.3 Å². The maximum Gasteiger partial charge on any atom is 0.161 e. The number of hydrogen-bond acceptors (Lipinski definition) is 5. The summed E-state index contributed by atoms with van der Waals surface area (Å²) in [4.78, 5) is 13.2. The smallest absolute Gasteiger partial charge is 0.161 e. The summed E-state index contributed by atoms with van der Waals surface area (Å²) in [5.74, 6) is 0.697. The van der Waals surface area contributed by atoms with Gasteiger partial charge in [-0.25, -0.2) is 9.97 Å². The average Bonchev–Trinajstić information content (AvgIpc) is 2.43. The van der Waals surface area contributed by atoms with Crippen molar-refractivity contribution in [2.45, 2.75) is 13.5 Å². The molecule has 0 fully saturated rings. The van der Waals surface area contributed by atoms with Crippen LogP contribution in [0.4, 0.5) is 0 Å². The molecule has 0 aromatic carbocycles. The molecule has 1 N–H and O–H groups in total. The van der Waals surface area contributed by atoms with E-state index in [9.17, 15) is 0 Å². The van der Waals surface area contributed by atoms with Crippen molar-refractivity contribution in [3.05, 3.63) is 40.4 Å². The van der Waals surface area contributed by atoms with Gasteiger partial charge in [-0.15, -0.1) is 0 Å². The molecule has 0 unspecified atom stereocenters. The van der Waals surface area contributed by atoms with Crippen molar-refractivity contribution in [1.29, 1.82) is 0 Å². The van der Waals surface area contributed by atoms with Gasteiger partial charge in [0, 0.05) is 48.3 Å². The molecule has 20 heavy (non-hydrogen) atoms. The third-order valence-electron chi connectivity index (χ3n) is 2.66. The van der Waals surface area contributed by atoms with E-state index >= 15 is 0 Å². The molecule has 2 aromatic rings. The summed E-state index contributed by atoms with van der Waals surface area (Å²) in [5.41, 5.74) is 2.81. The summed E-state index contributed by atoms with van der Waals surface area (Å²) < 4.78 is 5.92. The van der Waals surface area contributed by atoms with Crippen LogP contribution in [-0.2, 0) is 11.3 Å². The summed E-state index contributed by atoms with van der Waals surface area (Å²) in [7, 11) is 1.69. The molecule has 6 heteroatoms. The van der Waals surface area contributed by atoms with Gasteiger partial charge < -0.3 is 10.1 Å². The number of rotatable bonds is 6. The molecule has 0 aliphatic heterocycles. The fourth-order valence-corrected chi connectivity index (χ4v) is 2.14. The highest BCUT2D eigenvalue weighted by atomic mass is 79.9. The molecule has 0 radical (unpaired) electrons. The van der Waals surface area contributed by atoms with Crippen LogP contribution in [0.15, 0.2) is 29.0 Å². The van der Waals surface area contributed by atoms with Crippen LogP contribution in [0.25, 0.3) is 11.4 Å². The minimum atomic E-state index is 0.687. The van der Waals surface area contributed by atoms with Gasteiger partial charge in [0.05, 0.1) is 12.3 Å². The van der Waals surface area contributed by atoms with E-state index in [1.165, 1.54) is 0 Å². The largest absolute Gasteiger partial charge is 0.383 e. The van der Waals surface area contributed by atoms with E-state index in [4.69, 9.17) is 4.74 Å². The molecule has 0 saturated heterocycles. The molecule has 0 saturated carbocycles. The number of methoxy groups -OCH3 is 1. The van der Waals surface area contributed by atoms with Crippen molar-refractivity contribution >= 4 is 15.9 Å². The van der Waals surface area contributed by atoms with E-state index in [0.717, 1.165) is 28.0 Å². The van der Waals surface area contributed by atoms with E-state index in [-0.39, 0.29) is 0 Å². The number of ether oxygens (including phenoxy) is 1. The Balaban J connectivity index is 2.16. The zero-order valence-electron chi connectivity index (χ0n) is 11.6. The normalized spacial score (nSPS) is 10.8. The highest BCUT2D eigenvalue weighted by Gasteiger charge is 2.06. The first-order chi connectivity index (χ1) is 9.69. The molecule has 0 spiro atoms. The SMILES string of the molecule is COCCNCc1cc(C)nc(-c2cncc(Br)c2)n1. The maximum absolute atomic E-state index is 5.00. The van der Waals surface area contributed by atoms with Crippen molar-refractivity contribution in [3.8, 4) is 11.4 Å². The number of aryl methyl sites for hydroxylation is 1. The lowest BCUT2D eigenvalue weighted by Gasteiger charge is -2.07. The van der Waals surface area contributed by atoms with Crippen LogP contribution in [0, 0.1) is 6.92 Å². The zero-order valence-corrected chi connectivity index (χ0v) is 13.1. The van der Waals surface area contributed by atoms with Crippen molar-refractivity contribution < 1.29 is 4.74 Å². The Morgan fingerprint density at radius 3 is 2.85 bits per heavy atom. The Kier molecular flexibility index (Phi) is 5.58. The molecule has 0 bridgehead atoms. The first-order valence-corrected chi connectivity index (χ1v) is 7.13. The van der Waals surface area contributed by atoms with Gasteiger partial charge in [0.15, 0.2) is 5.82 Å². The molecule has 2 rings (SSSR count). The fraction of sp³-hybridized carbons (Fsp3) is 0.357. The highest BCUT2D eigenvalue weighted by molar-refractivity contribution is 9.10. The summed E-state index contributed by atoms with van der Waals surface area (Å²) in [6.07, 6.45) is 3.51. The summed E-state index contributed by atoms with van der Waals surface area (Å²) in [5, 5.41) is 3.28. The Morgan fingerprint density at radius 2 is 2.10 bits per heavy atom. The van der Waals surface area contributed by atoms with Crippen LogP contribution in [0.2, 0.25) is 0 Å². The van der Waals surface area contributed by atoms with Crippen LogP contribution in [0.5, 0.6) is 0 Å². The number of nitrogens with zero attached hydrogens (tertiary/aromatic N) is 3. The second kappa shape index (κ2) is 7.42. The van der Waals surface area contributed by atoms with E-state index < -0.39 is 0 Å². The summed E-state index contributed by atoms with van der Waals surface area (Å²) >= 11 is 3.41. The van der Waals surface area contributed by atoms with Crippen molar-refractivity contribution in [1.82, 2.24) is 20.3 Å². The van der Waals surface area contributed by atoms with Gasteiger partial charge in [0.25, 0.3) is 0 Å². The predicted molar refractivity (Wildman–Crippen MR) is 81.3 cm³/mol. The third kappa shape index (κ3) is 4.33. The van der Waals surface area contributed by atoms with Crippen LogP contribution >= 0.6 is 15.9 Å². The monoisotopic (exact) mass is 336 g/mol. The molecule has 0 aliphatic rings. The minimum Gasteiger partial charge on any atom is -0.383 e. The summed E-state index contributed by atoms with van der Waals surface area (Å²) in [6, 6.07) is 3.94. The topological polar surface area (TPSA) is 59.9 Å². The van der Waals surface area contributed by atoms with E-state index in [2.05, 4.69) is 36.2 Å². The van der Waals surface area contributed by atoms with Gasteiger partial charge in [0.1, 0.15) is 0 Å². The Morgan fingerprint density at radius 1 is 1.25 bits per heavy atom. The second-order valence-electron chi connectivity index (χ2n) is 4.39. The van der Waals surface area contributed by atoms with Gasteiger partial charge in [-0.05, 0) is 35.0 Å². The second-order valence-corrected chi connectivity index (χ2v) is 5.30. The zero-order chi connectivity index (χ0) is 14.4. The van der Waals surface area contributed by atoms with Crippen molar-refractivity contribution in [3.63, 3.8) is 0 Å². The lowest BCUT2D eigenvalue weighted by atomic mass is 10.2. The van der Waals surface area contributed by atoms with Gasteiger partial charge in [0.2, 0.25) is 0 Å². The lowest BCUT2D eigenvalue weighted by molar-refractivity contribution is 0.199. The van der Waals surface area contributed by atoms with Crippen LogP contribution < -0.4 is 5.32 Å². The number of nitrogens with one attached hydrogen (secondary N) is 1. The Hall–Kier alpha value is -1.37. The molecular weight excluding hydrogens is 320 g/mol. The van der Waals surface area contributed by atoms with Gasteiger partial charge in [-0.1, -0.05) is 0 Å². The van der Waals surface area contributed by atoms with E-state index in [1.54, 1.807) is 19.5 Å². The molecule has 2 aromatic heterocycles. The molecule has 0 aliphatic carbocycles. The van der Waals surface area contributed by atoms with Crippen molar-refractivity contribution in [2.24, 2.45) is 0 Å². The third-order valence-corrected chi connectivity index (χ3v) is 3.09. The molecule has 0 amide bonds. The Bertz CT molecular complexity index is 577. The van der Waals surface area contributed by atoms with Gasteiger partial charge in [-0.3, -0.25) is 4.98 Å². The fourth-order valence-electron chi connectivity index (χ4n) is 1.78. The minimum absolute atomic E-state index is 0.687. The number of pyridine rings is 1. The molecule has 5 nitrogen and oxygen atoms in total. The molecule has 0 atom stereocenters. The lowest BCUT2D eigenvalue weighted by Crippen LogP contribution is -2.19. The first kappa shape index (κ1) is 15.0.